The van der Waals surface area contributed by atoms with E-state index >= 15 is 0 Å². The van der Waals surface area contributed by atoms with E-state index in [0.29, 0.717) is 56.2 Å². The molecule has 2 heterocycles. The number of hydrogen-bond donors (Lipinski definition) is 1. The monoisotopic (exact) mass is 340 g/mol. The van der Waals surface area contributed by atoms with Crippen molar-refractivity contribution in [2.45, 2.75) is 18.9 Å². The maximum absolute atomic E-state index is 12.3. The third kappa shape index (κ3) is 3.76. The van der Waals surface area contributed by atoms with Crippen molar-refractivity contribution in [3.05, 3.63) is 23.8 Å². The third-order valence-electron chi connectivity index (χ3n) is 4.06. The van der Waals surface area contributed by atoms with Crippen LogP contribution in [0.3, 0.4) is 0 Å². The van der Waals surface area contributed by atoms with E-state index in [0.717, 1.165) is 0 Å². The van der Waals surface area contributed by atoms with Gasteiger partial charge in [-0.3, -0.25) is 4.79 Å². The molecule has 3 rings (SSSR count). The highest BCUT2D eigenvalue weighted by molar-refractivity contribution is 7.88. The SMILES string of the molecule is CS(=O)(=O)N1CCC(NC(=O)c2ccc3c(c2)OCCO3)CC1. The van der Waals surface area contributed by atoms with Gasteiger partial charge in [-0.1, -0.05) is 0 Å². The summed E-state index contributed by atoms with van der Waals surface area (Å²) in [6.45, 7) is 1.86. The number of carbonyl (C=O) groups excluding carboxylic acids is 1. The number of piperidine rings is 1. The van der Waals surface area contributed by atoms with Crippen LogP contribution in [0.4, 0.5) is 0 Å². The van der Waals surface area contributed by atoms with E-state index in [2.05, 4.69) is 5.32 Å². The van der Waals surface area contributed by atoms with Gasteiger partial charge in [0.2, 0.25) is 10.0 Å². The first kappa shape index (κ1) is 16.1. The molecular formula is C15H20N2O5S. The van der Waals surface area contributed by atoms with Crippen molar-refractivity contribution in [2.75, 3.05) is 32.6 Å². The second kappa shape index (κ2) is 6.37. The van der Waals surface area contributed by atoms with Gasteiger partial charge in [0.15, 0.2) is 11.5 Å². The van der Waals surface area contributed by atoms with E-state index in [1.165, 1.54) is 10.6 Å². The lowest BCUT2D eigenvalue weighted by Gasteiger charge is -2.30. The van der Waals surface area contributed by atoms with E-state index in [-0.39, 0.29) is 11.9 Å². The Morgan fingerprint density at radius 2 is 1.83 bits per heavy atom. The summed E-state index contributed by atoms with van der Waals surface area (Å²) in [5.74, 6) is 1.05. The van der Waals surface area contributed by atoms with Crippen LogP contribution in [0.25, 0.3) is 0 Å². The van der Waals surface area contributed by atoms with Crippen LogP contribution in [0.1, 0.15) is 23.2 Å². The van der Waals surface area contributed by atoms with Gasteiger partial charge in [0.05, 0.1) is 6.26 Å². The maximum Gasteiger partial charge on any atom is 0.251 e. The zero-order valence-corrected chi connectivity index (χ0v) is 13.8. The first-order chi connectivity index (χ1) is 10.9. The molecule has 0 atom stereocenters. The van der Waals surface area contributed by atoms with Crippen LogP contribution in [0, 0.1) is 0 Å². The number of sulfonamides is 1. The van der Waals surface area contributed by atoms with E-state index in [9.17, 15) is 13.2 Å². The molecule has 2 aliphatic rings. The van der Waals surface area contributed by atoms with E-state index in [4.69, 9.17) is 9.47 Å². The third-order valence-corrected chi connectivity index (χ3v) is 5.37. The van der Waals surface area contributed by atoms with Gasteiger partial charge in [0, 0.05) is 24.7 Å². The molecule has 1 amide bonds. The minimum atomic E-state index is -3.15. The van der Waals surface area contributed by atoms with Gasteiger partial charge in [-0.15, -0.1) is 0 Å². The number of carbonyl (C=O) groups is 1. The van der Waals surface area contributed by atoms with Gasteiger partial charge in [0.25, 0.3) is 5.91 Å². The van der Waals surface area contributed by atoms with Crippen LogP contribution in [0.2, 0.25) is 0 Å². The van der Waals surface area contributed by atoms with Crippen LogP contribution in [0.5, 0.6) is 11.5 Å². The molecule has 0 aromatic heterocycles. The molecule has 1 aromatic rings. The zero-order chi connectivity index (χ0) is 16.4. The lowest BCUT2D eigenvalue weighted by Crippen LogP contribution is -2.46. The summed E-state index contributed by atoms with van der Waals surface area (Å²) in [4.78, 5) is 12.3. The van der Waals surface area contributed by atoms with Crippen molar-refractivity contribution in [1.29, 1.82) is 0 Å². The summed E-state index contributed by atoms with van der Waals surface area (Å²) in [7, 11) is -3.15. The smallest absolute Gasteiger partial charge is 0.251 e. The lowest BCUT2D eigenvalue weighted by molar-refractivity contribution is 0.0922. The number of fused-ring (bicyclic) bond motifs is 1. The number of benzene rings is 1. The molecule has 126 valence electrons. The number of ether oxygens (including phenoxy) is 2. The molecule has 1 N–H and O–H groups in total. The molecule has 0 radical (unpaired) electrons. The summed E-state index contributed by atoms with van der Waals surface area (Å²) in [5, 5.41) is 2.96. The largest absolute Gasteiger partial charge is 0.486 e. The molecule has 0 spiro atoms. The summed E-state index contributed by atoms with van der Waals surface area (Å²) < 4.78 is 35.3. The average Bonchev–Trinajstić information content (AvgIpc) is 2.54. The first-order valence-electron chi connectivity index (χ1n) is 7.59. The molecule has 0 unspecified atom stereocenters. The van der Waals surface area contributed by atoms with E-state index in [1.54, 1.807) is 18.2 Å². The molecular weight excluding hydrogens is 320 g/mol. The van der Waals surface area contributed by atoms with Gasteiger partial charge >= 0.3 is 0 Å². The molecule has 1 aromatic carbocycles. The van der Waals surface area contributed by atoms with Crippen molar-refractivity contribution in [2.24, 2.45) is 0 Å². The lowest BCUT2D eigenvalue weighted by atomic mass is 10.1. The molecule has 8 heteroatoms. The zero-order valence-electron chi connectivity index (χ0n) is 12.9. The van der Waals surface area contributed by atoms with Crippen molar-refractivity contribution in [1.82, 2.24) is 9.62 Å². The number of amides is 1. The topological polar surface area (TPSA) is 84.9 Å². The van der Waals surface area contributed by atoms with E-state index < -0.39 is 10.0 Å². The van der Waals surface area contributed by atoms with Gasteiger partial charge in [0.1, 0.15) is 13.2 Å². The highest BCUT2D eigenvalue weighted by Gasteiger charge is 2.26. The van der Waals surface area contributed by atoms with Crippen molar-refractivity contribution in [3.8, 4) is 11.5 Å². The Labute approximate surface area is 135 Å². The van der Waals surface area contributed by atoms with Gasteiger partial charge in [-0.2, -0.15) is 0 Å². The molecule has 7 nitrogen and oxygen atoms in total. The van der Waals surface area contributed by atoms with Crippen LogP contribution in [-0.4, -0.2) is 57.2 Å². The number of nitrogens with one attached hydrogen (secondary N) is 1. The van der Waals surface area contributed by atoms with Crippen LogP contribution in [0.15, 0.2) is 18.2 Å². The van der Waals surface area contributed by atoms with Gasteiger partial charge in [-0.25, -0.2) is 12.7 Å². The highest BCUT2D eigenvalue weighted by Crippen LogP contribution is 2.30. The second-order valence-corrected chi connectivity index (χ2v) is 7.75. The Bertz CT molecular complexity index is 696. The standard InChI is InChI=1S/C15H20N2O5S/c1-23(19,20)17-6-4-12(5-7-17)16-15(18)11-2-3-13-14(10-11)22-9-8-21-13/h2-3,10,12H,4-9H2,1H3,(H,16,18). The molecule has 0 saturated carbocycles. The summed E-state index contributed by atoms with van der Waals surface area (Å²) in [6, 6.07) is 5.09. The van der Waals surface area contributed by atoms with Gasteiger partial charge < -0.3 is 14.8 Å². The minimum absolute atomic E-state index is 0.0197. The fourth-order valence-corrected chi connectivity index (χ4v) is 3.66. The fraction of sp³-hybridized carbons (Fsp3) is 0.533. The Balaban J connectivity index is 1.60. The maximum atomic E-state index is 12.3. The fourth-order valence-electron chi connectivity index (χ4n) is 2.79. The van der Waals surface area contributed by atoms with Crippen molar-refractivity contribution in [3.63, 3.8) is 0 Å². The summed E-state index contributed by atoms with van der Waals surface area (Å²) in [5.41, 5.74) is 0.514. The molecule has 0 bridgehead atoms. The predicted octanol–water partition coefficient (Wildman–Crippen LogP) is 0.612. The summed E-state index contributed by atoms with van der Waals surface area (Å²) in [6.07, 6.45) is 2.44. The summed E-state index contributed by atoms with van der Waals surface area (Å²) >= 11 is 0. The molecule has 0 aliphatic carbocycles. The molecule has 1 saturated heterocycles. The van der Waals surface area contributed by atoms with Gasteiger partial charge in [-0.05, 0) is 31.0 Å². The molecule has 2 aliphatic heterocycles. The normalized spacial score (nSPS) is 19.3. The molecule has 23 heavy (non-hydrogen) atoms. The Hall–Kier alpha value is -1.80. The predicted molar refractivity (Wildman–Crippen MR) is 84.3 cm³/mol. The van der Waals surface area contributed by atoms with Crippen LogP contribution >= 0.6 is 0 Å². The number of rotatable bonds is 3. The average molecular weight is 340 g/mol. The van der Waals surface area contributed by atoms with Crippen molar-refractivity contribution < 1.29 is 22.7 Å². The minimum Gasteiger partial charge on any atom is -0.486 e. The van der Waals surface area contributed by atoms with Crippen LogP contribution in [-0.2, 0) is 10.0 Å². The quantitative estimate of drug-likeness (QED) is 0.871. The van der Waals surface area contributed by atoms with E-state index in [1.807, 2.05) is 0 Å². The Kier molecular flexibility index (Phi) is 4.45. The first-order valence-corrected chi connectivity index (χ1v) is 9.44. The van der Waals surface area contributed by atoms with Crippen LogP contribution < -0.4 is 14.8 Å². The number of nitrogens with zero attached hydrogens (tertiary/aromatic N) is 1. The Morgan fingerprint density at radius 3 is 2.48 bits per heavy atom. The van der Waals surface area contributed by atoms with Crippen molar-refractivity contribution >= 4 is 15.9 Å². The molecule has 1 fully saturated rings. The number of hydrogen-bond acceptors (Lipinski definition) is 5. The second-order valence-electron chi connectivity index (χ2n) is 5.77. The Morgan fingerprint density at radius 1 is 1.17 bits per heavy atom. The highest BCUT2D eigenvalue weighted by atomic mass is 32.2.